The van der Waals surface area contributed by atoms with Crippen molar-refractivity contribution in [2.45, 2.75) is 38.6 Å². The lowest BCUT2D eigenvalue weighted by Crippen LogP contribution is -2.40. The number of hydrogen-bond acceptors (Lipinski definition) is 4. The number of pyridine rings is 1. The van der Waals surface area contributed by atoms with Gasteiger partial charge in [0.25, 0.3) is 0 Å². The summed E-state index contributed by atoms with van der Waals surface area (Å²) in [5.74, 6) is 0.974. The van der Waals surface area contributed by atoms with Crippen molar-refractivity contribution in [1.29, 1.82) is 0 Å². The normalized spacial score (nSPS) is 15.4. The van der Waals surface area contributed by atoms with Crippen LogP contribution in [0.5, 0.6) is 0 Å². The van der Waals surface area contributed by atoms with Gasteiger partial charge in [0.15, 0.2) is 0 Å². The van der Waals surface area contributed by atoms with Crippen molar-refractivity contribution in [3.63, 3.8) is 0 Å². The Morgan fingerprint density at radius 3 is 2.71 bits per heavy atom. The standard InChI is InChI=1S/C17H23N5O2/c1-20-13-19-22(17(20)24)12-16(23)21(15-9-5-6-10-18-15)11-14-7-3-2-4-8-14/h5-6,9-10,13-14H,2-4,7-8,11-12H2,1H3. The van der Waals surface area contributed by atoms with Crippen molar-refractivity contribution in [1.82, 2.24) is 19.3 Å². The lowest BCUT2D eigenvalue weighted by Gasteiger charge is -2.29. The summed E-state index contributed by atoms with van der Waals surface area (Å²) >= 11 is 0. The highest BCUT2D eigenvalue weighted by molar-refractivity contribution is 5.92. The summed E-state index contributed by atoms with van der Waals surface area (Å²) in [5.41, 5.74) is -0.290. The van der Waals surface area contributed by atoms with Gasteiger partial charge in [-0.1, -0.05) is 25.3 Å². The summed E-state index contributed by atoms with van der Waals surface area (Å²) in [5, 5.41) is 3.98. The summed E-state index contributed by atoms with van der Waals surface area (Å²) in [6.45, 7) is 0.584. The van der Waals surface area contributed by atoms with Gasteiger partial charge in [0.2, 0.25) is 5.91 Å². The van der Waals surface area contributed by atoms with Crippen LogP contribution in [0.25, 0.3) is 0 Å². The van der Waals surface area contributed by atoms with E-state index in [-0.39, 0.29) is 18.1 Å². The van der Waals surface area contributed by atoms with Crippen molar-refractivity contribution < 1.29 is 4.79 Å². The third-order valence-electron chi connectivity index (χ3n) is 4.56. The van der Waals surface area contributed by atoms with Crippen LogP contribution in [0.2, 0.25) is 0 Å². The van der Waals surface area contributed by atoms with E-state index >= 15 is 0 Å². The van der Waals surface area contributed by atoms with Crippen molar-refractivity contribution in [3.05, 3.63) is 41.2 Å². The van der Waals surface area contributed by atoms with Gasteiger partial charge in [0.05, 0.1) is 0 Å². The number of aryl methyl sites for hydroxylation is 1. The number of carbonyl (C=O) groups is 1. The topological polar surface area (TPSA) is 73.0 Å². The van der Waals surface area contributed by atoms with Gasteiger partial charge >= 0.3 is 5.69 Å². The van der Waals surface area contributed by atoms with E-state index in [0.717, 1.165) is 12.8 Å². The zero-order chi connectivity index (χ0) is 16.9. The highest BCUT2D eigenvalue weighted by atomic mass is 16.2. The summed E-state index contributed by atoms with van der Waals surface area (Å²) in [7, 11) is 1.62. The third-order valence-corrected chi connectivity index (χ3v) is 4.56. The minimum atomic E-state index is -0.290. The Balaban J connectivity index is 1.79. The molecule has 7 nitrogen and oxygen atoms in total. The van der Waals surface area contributed by atoms with E-state index in [1.807, 2.05) is 18.2 Å². The van der Waals surface area contributed by atoms with E-state index in [1.54, 1.807) is 18.1 Å². The van der Waals surface area contributed by atoms with E-state index < -0.39 is 0 Å². The van der Waals surface area contributed by atoms with Crippen molar-refractivity contribution in [2.24, 2.45) is 13.0 Å². The van der Waals surface area contributed by atoms with Crippen LogP contribution in [0.3, 0.4) is 0 Å². The Labute approximate surface area is 140 Å². The lowest BCUT2D eigenvalue weighted by molar-refractivity contribution is -0.119. The molecule has 2 heterocycles. The van der Waals surface area contributed by atoms with Crippen LogP contribution in [0.4, 0.5) is 5.82 Å². The van der Waals surface area contributed by atoms with E-state index in [4.69, 9.17) is 0 Å². The van der Waals surface area contributed by atoms with Crippen molar-refractivity contribution >= 4 is 11.7 Å². The quantitative estimate of drug-likeness (QED) is 0.835. The molecule has 0 aliphatic heterocycles. The highest BCUT2D eigenvalue weighted by Crippen LogP contribution is 2.26. The largest absolute Gasteiger partial charge is 0.345 e. The molecule has 1 aliphatic carbocycles. The molecule has 0 aromatic carbocycles. The van der Waals surface area contributed by atoms with Crippen LogP contribution in [0.1, 0.15) is 32.1 Å². The minimum Gasteiger partial charge on any atom is -0.295 e. The van der Waals surface area contributed by atoms with Crippen LogP contribution in [-0.2, 0) is 18.4 Å². The van der Waals surface area contributed by atoms with Gasteiger partial charge in [-0.3, -0.25) is 14.3 Å². The molecule has 128 valence electrons. The zero-order valence-electron chi connectivity index (χ0n) is 14.0. The van der Waals surface area contributed by atoms with Crippen LogP contribution >= 0.6 is 0 Å². The predicted molar refractivity (Wildman–Crippen MR) is 90.6 cm³/mol. The Hall–Kier alpha value is -2.44. The van der Waals surface area contributed by atoms with Crippen molar-refractivity contribution in [2.75, 3.05) is 11.4 Å². The molecule has 2 aromatic rings. The molecule has 2 aromatic heterocycles. The number of hydrogen-bond donors (Lipinski definition) is 0. The molecule has 0 radical (unpaired) electrons. The first-order valence-corrected chi connectivity index (χ1v) is 8.45. The maximum atomic E-state index is 12.8. The number of carbonyl (C=O) groups excluding carboxylic acids is 1. The van der Waals surface area contributed by atoms with Crippen LogP contribution in [0.15, 0.2) is 35.5 Å². The Kier molecular flexibility index (Phi) is 5.08. The first-order chi connectivity index (χ1) is 11.6. The number of rotatable bonds is 5. The SMILES string of the molecule is Cn1cnn(CC(=O)N(CC2CCCCC2)c2ccccn2)c1=O. The first kappa shape index (κ1) is 16.4. The number of amides is 1. The smallest absolute Gasteiger partial charge is 0.295 e. The van der Waals surface area contributed by atoms with Gasteiger partial charge in [0, 0.05) is 19.8 Å². The van der Waals surface area contributed by atoms with Gasteiger partial charge < -0.3 is 0 Å². The van der Waals surface area contributed by atoms with E-state index in [1.165, 1.54) is 34.8 Å². The molecule has 0 spiro atoms. The van der Waals surface area contributed by atoms with Crippen LogP contribution in [-0.4, -0.2) is 31.8 Å². The molecule has 0 bridgehead atoms. The average molecular weight is 329 g/mol. The molecular formula is C17H23N5O2. The number of aromatic nitrogens is 4. The molecule has 3 rings (SSSR count). The summed E-state index contributed by atoms with van der Waals surface area (Å²) in [6.07, 6.45) is 9.09. The maximum absolute atomic E-state index is 12.8. The second-order valence-corrected chi connectivity index (χ2v) is 6.38. The van der Waals surface area contributed by atoms with E-state index in [0.29, 0.717) is 18.3 Å². The summed E-state index contributed by atoms with van der Waals surface area (Å²) in [4.78, 5) is 30.8. The average Bonchev–Trinajstić information content (AvgIpc) is 2.93. The monoisotopic (exact) mass is 329 g/mol. The number of nitrogens with zero attached hydrogens (tertiary/aromatic N) is 5. The Morgan fingerprint density at radius 2 is 2.08 bits per heavy atom. The van der Waals surface area contributed by atoms with Gasteiger partial charge in [-0.2, -0.15) is 5.10 Å². The fourth-order valence-electron chi connectivity index (χ4n) is 3.21. The summed E-state index contributed by atoms with van der Waals surface area (Å²) < 4.78 is 2.55. The third kappa shape index (κ3) is 3.72. The predicted octanol–water partition coefficient (Wildman–Crippen LogP) is 1.59. The number of anilines is 1. The second-order valence-electron chi connectivity index (χ2n) is 6.38. The molecule has 0 unspecified atom stereocenters. The molecule has 7 heteroatoms. The molecule has 1 saturated carbocycles. The van der Waals surface area contributed by atoms with E-state index in [2.05, 4.69) is 10.1 Å². The molecule has 0 N–H and O–H groups in total. The zero-order valence-corrected chi connectivity index (χ0v) is 14.0. The second kappa shape index (κ2) is 7.42. The highest BCUT2D eigenvalue weighted by Gasteiger charge is 2.24. The fraction of sp³-hybridized carbons (Fsp3) is 0.529. The van der Waals surface area contributed by atoms with Gasteiger partial charge in [0.1, 0.15) is 18.7 Å². The molecule has 1 fully saturated rings. The summed E-state index contributed by atoms with van der Waals surface area (Å²) in [6, 6.07) is 5.54. The molecule has 0 saturated heterocycles. The van der Waals surface area contributed by atoms with Crippen molar-refractivity contribution in [3.8, 4) is 0 Å². The van der Waals surface area contributed by atoms with Crippen LogP contribution in [0, 0.1) is 5.92 Å². The lowest BCUT2D eigenvalue weighted by atomic mass is 9.89. The molecular weight excluding hydrogens is 306 g/mol. The molecule has 1 amide bonds. The molecule has 24 heavy (non-hydrogen) atoms. The maximum Gasteiger partial charge on any atom is 0.345 e. The van der Waals surface area contributed by atoms with Gasteiger partial charge in [-0.05, 0) is 30.9 Å². The first-order valence-electron chi connectivity index (χ1n) is 8.45. The molecule has 0 atom stereocenters. The van der Waals surface area contributed by atoms with Crippen LogP contribution < -0.4 is 10.6 Å². The minimum absolute atomic E-state index is 0.0665. The van der Waals surface area contributed by atoms with E-state index in [9.17, 15) is 9.59 Å². The Bertz CT molecular complexity index is 731. The fourth-order valence-corrected chi connectivity index (χ4v) is 3.21. The van der Waals surface area contributed by atoms with Gasteiger partial charge in [-0.25, -0.2) is 14.5 Å². The van der Waals surface area contributed by atoms with Gasteiger partial charge in [-0.15, -0.1) is 0 Å². The Morgan fingerprint density at radius 1 is 1.29 bits per heavy atom. The molecule has 1 aliphatic rings.